The van der Waals surface area contributed by atoms with Crippen LogP contribution in [0.5, 0.6) is 5.75 Å². The number of carbonyl (C=O) groups is 1. The highest BCUT2D eigenvalue weighted by Gasteiger charge is 2.15. The van der Waals surface area contributed by atoms with Gasteiger partial charge in [-0.15, -0.1) is 12.4 Å². The zero-order valence-corrected chi connectivity index (χ0v) is 14.3. The highest BCUT2D eigenvalue weighted by molar-refractivity contribution is 6.30. The number of hydrogen-bond donors (Lipinski definition) is 1. The van der Waals surface area contributed by atoms with Crippen LogP contribution in [-0.4, -0.2) is 44.6 Å². The van der Waals surface area contributed by atoms with E-state index in [0.717, 1.165) is 12.2 Å². The number of nitrogens with zero attached hydrogens (tertiary/aromatic N) is 1. The van der Waals surface area contributed by atoms with E-state index in [1.165, 1.54) is 0 Å². The van der Waals surface area contributed by atoms with Crippen LogP contribution in [0.25, 0.3) is 0 Å². The Hall–Kier alpha value is -0.970. The number of carbonyl (C=O) groups excluding carboxylic acids is 1. The molecule has 0 radical (unpaired) electrons. The Morgan fingerprint density at radius 2 is 2.00 bits per heavy atom. The molecule has 1 atom stereocenters. The van der Waals surface area contributed by atoms with Crippen LogP contribution in [0.1, 0.15) is 13.3 Å². The molecule has 0 saturated carbocycles. The van der Waals surface area contributed by atoms with Crippen LogP contribution in [-0.2, 0) is 4.79 Å². The van der Waals surface area contributed by atoms with E-state index >= 15 is 0 Å². The van der Waals surface area contributed by atoms with E-state index < -0.39 is 0 Å². The monoisotopic (exact) mass is 334 g/mol. The van der Waals surface area contributed by atoms with Crippen molar-refractivity contribution in [2.45, 2.75) is 13.3 Å². The summed E-state index contributed by atoms with van der Waals surface area (Å²) in [5, 5.41) is 3.71. The zero-order valence-electron chi connectivity index (χ0n) is 12.8. The highest BCUT2D eigenvalue weighted by Crippen LogP contribution is 2.15. The summed E-state index contributed by atoms with van der Waals surface area (Å²) < 4.78 is 5.59. The molecule has 0 aliphatic heterocycles. The molecule has 0 aromatic heterocycles. The van der Waals surface area contributed by atoms with Gasteiger partial charge in [-0.3, -0.25) is 4.79 Å². The Balaban J connectivity index is 0.00000400. The van der Waals surface area contributed by atoms with Gasteiger partial charge in [-0.05, 0) is 37.7 Å². The van der Waals surface area contributed by atoms with Gasteiger partial charge in [0.05, 0.1) is 6.61 Å². The third-order valence-electron chi connectivity index (χ3n) is 3.03. The van der Waals surface area contributed by atoms with Crippen molar-refractivity contribution in [3.05, 3.63) is 29.3 Å². The van der Waals surface area contributed by atoms with Crippen molar-refractivity contribution in [2.24, 2.45) is 5.92 Å². The number of ether oxygens (including phenoxy) is 1. The standard InChI is InChI=1S/C15H23ClN2O2.ClH/c1-12(11-17-2)15(19)18(3)9-4-10-20-14-7-5-13(16)6-8-14;/h5-8,12,17H,4,9-11H2,1-3H3;1H. The maximum absolute atomic E-state index is 12.0. The first-order valence-corrected chi connectivity index (χ1v) is 7.20. The van der Waals surface area contributed by atoms with Crippen molar-refractivity contribution >= 4 is 29.9 Å². The van der Waals surface area contributed by atoms with Gasteiger partial charge in [0.15, 0.2) is 0 Å². The first-order chi connectivity index (χ1) is 9.54. The quantitative estimate of drug-likeness (QED) is 0.743. The third-order valence-corrected chi connectivity index (χ3v) is 3.28. The lowest BCUT2D eigenvalue weighted by Crippen LogP contribution is -2.36. The topological polar surface area (TPSA) is 41.6 Å². The van der Waals surface area contributed by atoms with Gasteiger partial charge in [-0.25, -0.2) is 0 Å². The SMILES string of the molecule is CNCC(C)C(=O)N(C)CCCOc1ccc(Cl)cc1.Cl. The van der Waals surface area contributed by atoms with Crippen molar-refractivity contribution in [3.8, 4) is 5.75 Å². The molecule has 21 heavy (non-hydrogen) atoms. The fourth-order valence-corrected chi connectivity index (χ4v) is 2.03. The van der Waals surface area contributed by atoms with Gasteiger partial charge in [0.2, 0.25) is 5.91 Å². The number of benzene rings is 1. The fourth-order valence-electron chi connectivity index (χ4n) is 1.90. The first-order valence-electron chi connectivity index (χ1n) is 6.82. The second-order valence-corrected chi connectivity index (χ2v) is 5.31. The molecule has 1 aromatic rings. The summed E-state index contributed by atoms with van der Waals surface area (Å²) in [6.45, 7) is 3.91. The summed E-state index contributed by atoms with van der Waals surface area (Å²) in [6.07, 6.45) is 0.803. The van der Waals surface area contributed by atoms with Crippen LogP contribution in [0.15, 0.2) is 24.3 Å². The summed E-state index contributed by atoms with van der Waals surface area (Å²) >= 11 is 5.80. The molecule has 1 aromatic carbocycles. The number of halogens is 2. The molecule has 0 aliphatic rings. The predicted molar refractivity (Wildman–Crippen MR) is 89.5 cm³/mol. The number of amides is 1. The molecular weight excluding hydrogens is 311 g/mol. The number of hydrogen-bond acceptors (Lipinski definition) is 3. The van der Waals surface area contributed by atoms with Crippen molar-refractivity contribution in [1.29, 1.82) is 0 Å². The Labute approximate surface area is 138 Å². The summed E-state index contributed by atoms with van der Waals surface area (Å²) in [4.78, 5) is 13.7. The Bertz CT molecular complexity index is 413. The van der Waals surface area contributed by atoms with Gasteiger partial charge < -0.3 is 15.0 Å². The van der Waals surface area contributed by atoms with Gasteiger partial charge in [-0.2, -0.15) is 0 Å². The van der Waals surface area contributed by atoms with Gasteiger partial charge in [-0.1, -0.05) is 18.5 Å². The van der Waals surface area contributed by atoms with Gasteiger partial charge >= 0.3 is 0 Å². The van der Waals surface area contributed by atoms with Crippen molar-refractivity contribution < 1.29 is 9.53 Å². The molecule has 1 unspecified atom stereocenters. The molecule has 0 fully saturated rings. The van der Waals surface area contributed by atoms with E-state index in [9.17, 15) is 4.79 Å². The van der Waals surface area contributed by atoms with Crippen LogP contribution in [0.3, 0.4) is 0 Å². The smallest absolute Gasteiger partial charge is 0.226 e. The molecular formula is C15H24Cl2N2O2. The highest BCUT2D eigenvalue weighted by atomic mass is 35.5. The predicted octanol–water partition coefficient (Wildman–Crippen LogP) is 2.84. The van der Waals surface area contributed by atoms with Crippen molar-refractivity contribution in [1.82, 2.24) is 10.2 Å². The normalized spacial score (nSPS) is 11.4. The second-order valence-electron chi connectivity index (χ2n) is 4.87. The molecule has 6 heteroatoms. The number of rotatable bonds is 8. The van der Waals surface area contributed by atoms with Crippen LogP contribution in [0, 0.1) is 5.92 Å². The Morgan fingerprint density at radius 3 is 2.57 bits per heavy atom. The first kappa shape index (κ1) is 20.0. The molecule has 0 saturated heterocycles. The molecule has 0 bridgehead atoms. The summed E-state index contributed by atoms with van der Waals surface area (Å²) in [5.74, 6) is 0.958. The van der Waals surface area contributed by atoms with E-state index in [1.54, 1.807) is 17.0 Å². The van der Waals surface area contributed by atoms with Gasteiger partial charge in [0.1, 0.15) is 5.75 Å². The van der Waals surface area contributed by atoms with Gasteiger partial charge in [0.25, 0.3) is 0 Å². The van der Waals surface area contributed by atoms with Crippen LogP contribution < -0.4 is 10.1 Å². The minimum atomic E-state index is 0. The lowest BCUT2D eigenvalue weighted by molar-refractivity contribution is -0.133. The lowest BCUT2D eigenvalue weighted by atomic mass is 10.1. The van der Waals surface area contributed by atoms with E-state index in [1.807, 2.05) is 33.2 Å². The van der Waals surface area contributed by atoms with Gasteiger partial charge in [0, 0.05) is 31.1 Å². The summed E-state index contributed by atoms with van der Waals surface area (Å²) in [6, 6.07) is 7.27. The van der Waals surface area contributed by atoms with E-state index in [2.05, 4.69) is 5.32 Å². The van der Waals surface area contributed by atoms with Crippen molar-refractivity contribution in [3.63, 3.8) is 0 Å². The van der Waals surface area contributed by atoms with E-state index in [0.29, 0.717) is 24.7 Å². The number of nitrogens with one attached hydrogen (secondary N) is 1. The lowest BCUT2D eigenvalue weighted by Gasteiger charge is -2.21. The molecule has 1 amide bonds. The van der Waals surface area contributed by atoms with E-state index in [4.69, 9.17) is 16.3 Å². The van der Waals surface area contributed by atoms with E-state index in [-0.39, 0.29) is 24.2 Å². The zero-order chi connectivity index (χ0) is 15.0. The minimum Gasteiger partial charge on any atom is -0.494 e. The third kappa shape index (κ3) is 7.55. The minimum absolute atomic E-state index is 0. The Kier molecular flexibility index (Phi) is 10.2. The maximum Gasteiger partial charge on any atom is 0.226 e. The summed E-state index contributed by atoms with van der Waals surface area (Å²) in [7, 11) is 3.68. The molecule has 1 rings (SSSR count). The van der Waals surface area contributed by atoms with Crippen LogP contribution in [0.2, 0.25) is 5.02 Å². The van der Waals surface area contributed by atoms with Crippen LogP contribution >= 0.6 is 24.0 Å². The molecule has 0 aliphatic carbocycles. The summed E-state index contributed by atoms with van der Waals surface area (Å²) in [5.41, 5.74) is 0. The van der Waals surface area contributed by atoms with Crippen LogP contribution in [0.4, 0.5) is 0 Å². The molecule has 0 heterocycles. The Morgan fingerprint density at radius 1 is 1.38 bits per heavy atom. The average Bonchev–Trinajstić information content (AvgIpc) is 2.44. The molecule has 4 nitrogen and oxygen atoms in total. The fraction of sp³-hybridized carbons (Fsp3) is 0.533. The largest absolute Gasteiger partial charge is 0.494 e. The second kappa shape index (κ2) is 10.7. The molecule has 1 N–H and O–H groups in total. The average molecular weight is 335 g/mol. The van der Waals surface area contributed by atoms with Crippen molar-refractivity contribution in [2.75, 3.05) is 33.8 Å². The maximum atomic E-state index is 12.0. The molecule has 0 spiro atoms. The molecule has 120 valence electrons.